The lowest BCUT2D eigenvalue weighted by Crippen LogP contribution is -2.24. The third kappa shape index (κ3) is 4.23. The van der Waals surface area contributed by atoms with Crippen molar-refractivity contribution in [2.75, 3.05) is 11.9 Å². The first-order chi connectivity index (χ1) is 8.29. The van der Waals surface area contributed by atoms with Crippen LogP contribution in [-0.2, 0) is 4.74 Å². The monoisotopic (exact) mass is 265 g/mol. The standard InChI is InChI=1S/C8H6F3N3O4/c9-8(10,11)3-18-7(17)14-5-4(6(15)16)12-1-2-13-5/h1-2H,3H2,(H,15,16)(H,13,14,17). The molecular weight excluding hydrogens is 259 g/mol. The van der Waals surface area contributed by atoms with E-state index in [1.165, 1.54) is 0 Å². The molecular formula is C8H6F3N3O4. The van der Waals surface area contributed by atoms with Gasteiger partial charge in [-0.15, -0.1) is 0 Å². The van der Waals surface area contributed by atoms with E-state index in [4.69, 9.17) is 5.11 Å². The average molecular weight is 265 g/mol. The predicted molar refractivity (Wildman–Crippen MR) is 50.0 cm³/mol. The van der Waals surface area contributed by atoms with Gasteiger partial charge in [0.1, 0.15) is 0 Å². The van der Waals surface area contributed by atoms with Crippen LogP contribution >= 0.6 is 0 Å². The fourth-order valence-corrected chi connectivity index (χ4v) is 0.866. The number of nitrogens with zero attached hydrogens (tertiary/aromatic N) is 2. The van der Waals surface area contributed by atoms with Crippen molar-refractivity contribution in [2.45, 2.75) is 6.18 Å². The number of anilines is 1. The number of carboxylic acids is 1. The molecule has 1 heterocycles. The summed E-state index contributed by atoms with van der Waals surface area (Å²) in [6.07, 6.45) is -4.04. The molecule has 10 heteroatoms. The highest BCUT2D eigenvalue weighted by Crippen LogP contribution is 2.15. The molecule has 0 aliphatic carbocycles. The molecule has 0 saturated carbocycles. The number of rotatable bonds is 3. The van der Waals surface area contributed by atoms with Crippen LogP contribution in [0.15, 0.2) is 12.4 Å². The highest BCUT2D eigenvalue weighted by atomic mass is 19.4. The van der Waals surface area contributed by atoms with Gasteiger partial charge in [0.2, 0.25) is 0 Å². The third-order valence-electron chi connectivity index (χ3n) is 1.49. The maximum absolute atomic E-state index is 11.7. The molecule has 0 aliphatic heterocycles. The van der Waals surface area contributed by atoms with Crippen LogP contribution in [0.2, 0.25) is 0 Å². The molecule has 0 aromatic carbocycles. The van der Waals surface area contributed by atoms with Crippen molar-refractivity contribution in [1.29, 1.82) is 0 Å². The largest absolute Gasteiger partial charge is 0.476 e. The zero-order valence-corrected chi connectivity index (χ0v) is 8.56. The van der Waals surface area contributed by atoms with Crippen LogP contribution in [0.1, 0.15) is 10.5 Å². The summed E-state index contributed by atoms with van der Waals surface area (Å²) in [5, 5.41) is 10.4. The van der Waals surface area contributed by atoms with Crippen molar-refractivity contribution in [1.82, 2.24) is 9.97 Å². The van der Waals surface area contributed by atoms with Crippen molar-refractivity contribution >= 4 is 17.9 Å². The van der Waals surface area contributed by atoms with Crippen LogP contribution in [0.25, 0.3) is 0 Å². The number of carbonyl (C=O) groups is 2. The number of hydrogen-bond donors (Lipinski definition) is 2. The van der Waals surface area contributed by atoms with Gasteiger partial charge in [-0.1, -0.05) is 0 Å². The quantitative estimate of drug-likeness (QED) is 0.853. The number of amides is 1. The lowest BCUT2D eigenvalue weighted by molar-refractivity contribution is -0.159. The van der Waals surface area contributed by atoms with Gasteiger partial charge in [0, 0.05) is 12.4 Å². The van der Waals surface area contributed by atoms with Gasteiger partial charge >= 0.3 is 18.2 Å². The van der Waals surface area contributed by atoms with Gasteiger partial charge in [-0.3, -0.25) is 5.32 Å². The van der Waals surface area contributed by atoms with Crippen molar-refractivity contribution in [3.63, 3.8) is 0 Å². The second kappa shape index (κ2) is 5.29. The molecule has 0 spiro atoms. The van der Waals surface area contributed by atoms with Crippen LogP contribution in [0.4, 0.5) is 23.8 Å². The fraction of sp³-hybridized carbons (Fsp3) is 0.250. The van der Waals surface area contributed by atoms with Crippen molar-refractivity contribution < 1.29 is 32.6 Å². The molecule has 0 saturated heterocycles. The molecule has 0 atom stereocenters. The molecule has 98 valence electrons. The summed E-state index contributed by atoms with van der Waals surface area (Å²) < 4.78 is 39.0. The number of hydrogen-bond acceptors (Lipinski definition) is 5. The molecule has 0 bridgehead atoms. The maximum Gasteiger partial charge on any atom is 0.422 e. The predicted octanol–water partition coefficient (Wildman–Crippen LogP) is 1.29. The Balaban J connectivity index is 2.68. The summed E-state index contributed by atoms with van der Waals surface area (Å²) in [5.41, 5.74) is -0.610. The van der Waals surface area contributed by atoms with Crippen molar-refractivity contribution in [2.24, 2.45) is 0 Å². The van der Waals surface area contributed by atoms with E-state index < -0.39 is 36.4 Å². The zero-order chi connectivity index (χ0) is 13.8. The Morgan fingerprint density at radius 3 is 2.50 bits per heavy atom. The summed E-state index contributed by atoms with van der Waals surface area (Å²) in [4.78, 5) is 28.4. The first-order valence-corrected chi connectivity index (χ1v) is 4.34. The molecule has 1 rings (SSSR count). The van der Waals surface area contributed by atoms with Gasteiger partial charge in [0.15, 0.2) is 18.1 Å². The van der Waals surface area contributed by atoms with E-state index >= 15 is 0 Å². The Morgan fingerprint density at radius 2 is 1.94 bits per heavy atom. The molecule has 2 N–H and O–H groups in total. The SMILES string of the molecule is O=C(Nc1nccnc1C(=O)O)OCC(F)(F)F. The van der Waals surface area contributed by atoms with Gasteiger partial charge in [0.05, 0.1) is 0 Å². The minimum atomic E-state index is -4.67. The van der Waals surface area contributed by atoms with Crippen LogP contribution < -0.4 is 5.32 Å². The Hall–Kier alpha value is -2.39. The van der Waals surface area contributed by atoms with E-state index in [0.29, 0.717) is 0 Å². The summed E-state index contributed by atoms with van der Waals surface area (Å²) >= 11 is 0. The molecule has 0 radical (unpaired) electrons. The Kier molecular flexibility index (Phi) is 4.02. The van der Waals surface area contributed by atoms with Crippen molar-refractivity contribution in [3.8, 4) is 0 Å². The maximum atomic E-state index is 11.7. The van der Waals surface area contributed by atoms with Crippen LogP contribution in [0.5, 0.6) is 0 Å². The third-order valence-corrected chi connectivity index (χ3v) is 1.49. The molecule has 1 aromatic heterocycles. The van der Waals surface area contributed by atoms with E-state index in [9.17, 15) is 22.8 Å². The first-order valence-electron chi connectivity index (χ1n) is 4.34. The normalized spacial score (nSPS) is 10.8. The van der Waals surface area contributed by atoms with Crippen LogP contribution in [0, 0.1) is 0 Å². The van der Waals surface area contributed by atoms with Crippen LogP contribution in [0.3, 0.4) is 0 Å². The lowest BCUT2D eigenvalue weighted by Gasteiger charge is -2.09. The highest BCUT2D eigenvalue weighted by Gasteiger charge is 2.30. The Morgan fingerprint density at radius 1 is 1.33 bits per heavy atom. The number of nitrogens with one attached hydrogen (secondary N) is 1. The minimum Gasteiger partial charge on any atom is -0.476 e. The van der Waals surface area contributed by atoms with E-state index in [-0.39, 0.29) is 0 Å². The van der Waals surface area contributed by atoms with Crippen LogP contribution in [-0.4, -0.2) is 39.9 Å². The molecule has 0 aliphatic rings. The minimum absolute atomic E-state index is 0.503. The Labute approximate surface area is 97.6 Å². The summed E-state index contributed by atoms with van der Waals surface area (Å²) in [6.45, 7) is -1.79. The molecule has 0 unspecified atom stereocenters. The second-order valence-corrected chi connectivity index (χ2v) is 2.88. The smallest absolute Gasteiger partial charge is 0.422 e. The molecule has 1 aromatic rings. The highest BCUT2D eigenvalue weighted by molar-refractivity contribution is 5.95. The molecule has 0 fully saturated rings. The van der Waals surface area contributed by atoms with Gasteiger partial charge in [-0.2, -0.15) is 13.2 Å². The van der Waals surface area contributed by atoms with E-state index in [1.54, 1.807) is 5.32 Å². The molecule has 18 heavy (non-hydrogen) atoms. The van der Waals surface area contributed by atoms with E-state index in [1.807, 2.05) is 0 Å². The zero-order valence-electron chi connectivity index (χ0n) is 8.56. The summed E-state index contributed by atoms with van der Waals surface area (Å²) in [6, 6.07) is 0. The second-order valence-electron chi connectivity index (χ2n) is 2.88. The number of aromatic carboxylic acids is 1. The Bertz CT molecular complexity index is 463. The summed E-state index contributed by atoms with van der Waals surface area (Å²) in [7, 11) is 0. The van der Waals surface area contributed by atoms with Gasteiger partial charge in [-0.25, -0.2) is 19.6 Å². The first kappa shape index (κ1) is 13.7. The molecule has 7 nitrogen and oxygen atoms in total. The number of alkyl halides is 3. The van der Waals surface area contributed by atoms with Gasteiger partial charge in [0.25, 0.3) is 0 Å². The average Bonchev–Trinajstić information content (AvgIpc) is 2.26. The lowest BCUT2D eigenvalue weighted by atomic mass is 10.4. The van der Waals surface area contributed by atoms with Gasteiger partial charge in [-0.05, 0) is 0 Å². The number of carbonyl (C=O) groups excluding carboxylic acids is 1. The van der Waals surface area contributed by atoms with E-state index in [2.05, 4.69) is 14.7 Å². The number of aromatic nitrogens is 2. The fourth-order valence-electron chi connectivity index (χ4n) is 0.866. The summed E-state index contributed by atoms with van der Waals surface area (Å²) in [5.74, 6) is -1.99. The molecule has 1 amide bonds. The van der Waals surface area contributed by atoms with E-state index in [0.717, 1.165) is 12.4 Å². The van der Waals surface area contributed by atoms with Gasteiger partial charge < -0.3 is 9.84 Å². The number of ether oxygens (including phenoxy) is 1. The number of halogens is 3. The topological polar surface area (TPSA) is 101 Å². The number of carboxylic acid groups (broad SMARTS) is 1. The van der Waals surface area contributed by atoms with Crippen molar-refractivity contribution in [3.05, 3.63) is 18.1 Å².